The Hall–Kier alpha value is -0.730. The fourth-order valence-electron chi connectivity index (χ4n) is 2.67. The molecule has 2 aromatic rings. The molecule has 0 saturated carbocycles. The molecule has 0 fully saturated rings. The molecule has 0 spiro atoms. The molecule has 1 aliphatic rings. The summed E-state index contributed by atoms with van der Waals surface area (Å²) in [6.07, 6.45) is 0.816. The third-order valence-electron chi connectivity index (χ3n) is 3.70. The van der Waals surface area contributed by atoms with Crippen LogP contribution in [0.15, 0.2) is 21.7 Å². The van der Waals surface area contributed by atoms with Crippen molar-refractivity contribution in [2.24, 2.45) is 0 Å². The molecule has 3 rings (SSSR count). The number of sulfonamides is 1. The summed E-state index contributed by atoms with van der Waals surface area (Å²) < 4.78 is 27.6. The molecule has 0 amide bonds. The summed E-state index contributed by atoms with van der Waals surface area (Å²) in [6.45, 7) is 3.53. The Morgan fingerprint density at radius 1 is 1.38 bits per heavy atom. The molecule has 1 aliphatic heterocycles. The minimum atomic E-state index is -3.41. The predicted molar refractivity (Wildman–Crippen MR) is 87.4 cm³/mol. The van der Waals surface area contributed by atoms with E-state index in [-0.39, 0.29) is 0 Å². The highest BCUT2D eigenvalue weighted by molar-refractivity contribution is 7.89. The van der Waals surface area contributed by atoms with Crippen LogP contribution in [0.5, 0.6) is 0 Å². The molecule has 114 valence electrons. The molecule has 2 aromatic heterocycles. The van der Waals surface area contributed by atoms with Crippen LogP contribution in [0.3, 0.4) is 0 Å². The summed E-state index contributed by atoms with van der Waals surface area (Å²) in [5, 5.41) is 7.03. The number of aryl methyl sites for hydroxylation is 1. The average molecular weight is 343 g/mol. The first-order chi connectivity index (χ1) is 10.0. The van der Waals surface area contributed by atoms with E-state index in [9.17, 15) is 8.42 Å². The molecular formula is C14H18N2O2S3. The molecule has 3 heterocycles. The molecule has 0 unspecified atom stereocenters. The van der Waals surface area contributed by atoms with Crippen LogP contribution in [-0.2, 0) is 29.5 Å². The monoisotopic (exact) mass is 342 g/mol. The van der Waals surface area contributed by atoms with Gasteiger partial charge in [0, 0.05) is 29.4 Å². The van der Waals surface area contributed by atoms with Gasteiger partial charge in [0.2, 0.25) is 10.0 Å². The van der Waals surface area contributed by atoms with Crippen LogP contribution >= 0.6 is 22.7 Å². The van der Waals surface area contributed by atoms with Gasteiger partial charge in [0.25, 0.3) is 0 Å². The minimum absolute atomic E-state index is 0.495. The van der Waals surface area contributed by atoms with Crippen molar-refractivity contribution < 1.29 is 8.42 Å². The van der Waals surface area contributed by atoms with Crippen molar-refractivity contribution in [3.05, 3.63) is 37.7 Å². The second-order valence-corrected chi connectivity index (χ2v) is 9.00. The van der Waals surface area contributed by atoms with Gasteiger partial charge in [-0.2, -0.15) is 4.31 Å². The Labute approximate surface area is 133 Å². The van der Waals surface area contributed by atoms with Crippen LogP contribution in [0.25, 0.3) is 0 Å². The largest absolute Gasteiger partial charge is 0.315 e. The van der Waals surface area contributed by atoms with Crippen molar-refractivity contribution in [3.63, 3.8) is 0 Å². The Balaban J connectivity index is 1.97. The van der Waals surface area contributed by atoms with E-state index in [1.165, 1.54) is 16.2 Å². The SMILES string of the molecule is CNCc1scc(C)c1S(=O)(=O)N1CCc2sccc2C1. The first-order valence-electron chi connectivity index (χ1n) is 6.81. The Morgan fingerprint density at radius 3 is 2.95 bits per heavy atom. The smallest absolute Gasteiger partial charge is 0.244 e. The topological polar surface area (TPSA) is 49.4 Å². The summed E-state index contributed by atoms with van der Waals surface area (Å²) in [4.78, 5) is 2.71. The van der Waals surface area contributed by atoms with Crippen molar-refractivity contribution in [2.45, 2.75) is 31.3 Å². The lowest BCUT2D eigenvalue weighted by Gasteiger charge is -2.26. The van der Waals surface area contributed by atoms with Crippen LogP contribution < -0.4 is 5.32 Å². The van der Waals surface area contributed by atoms with Gasteiger partial charge in [-0.3, -0.25) is 0 Å². The van der Waals surface area contributed by atoms with Gasteiger partial charge in [0.1, 0.15) is 4.90 Å². The molecule has 0 saturated heterocycles. The minimum Gasteiger partial charge on any atom is -0.315 e. The van der Waals surface area contributed by atoms with Crippen LogP contribution in [-0.4, -0.2) is 26.3 Å². The number of fused-ring (bicyclic) bond motifs is 1. The van der Waals surface area contributed by atoms with Gasteiger partial charge in [0.05, 0.1) is 0 Å². The van der Waals surface area contributed by atoms with Crippen molar-refractivity contribution in [3.8, 4) is 0 Å². The highest BCUT2D eigenvalue weighted by atomic mass is 32.2. The first kappa shape index (κ1) is 15.2. The zero-order valence-electron chi connectivity index (χ0n) is 12.0. The van der Waals surface area contributed by atoms with Crippen LogP contribution in [0.4, 0.5) is 0 Å². The van der Waals surface area contributed by atoms with Crippen LogP contribution in [0, 0.1) is 6.92 Å². The molecular weight excluding hydrogens is 324 g/mol. The van der Waals surface area contributed by atoms with Gasteiger partial charge < -0.3 is 5.32 Å². The third kappa shape index (κ3) is 2.68. The molecule has 0 atom stereocenters. The van der Waals surface area contributed by atoms with E-state index in [1.54, 1.807) is 15.6 Å². The highest BCUT2D eigenvalue weighted by Gasteiger charge is 2.32. The fourth-order valence-corrected chi connectivity index (χ4v) is 6.75. The van der Waals surface area contributed by atoms with Gasteiger partial charge in [-0.25, -0.2) is 8.42 Å². The lowest BCUT2D eigenvalue weighted by atomic mass is 10.1. The molecule has 1 N–H and O–H groups in total. The Kier molecular flexibility index (Phi) is 4.20. The lowest BCUT2D eigenvalue weighted by molar-refractivity contribution is 0.393. The van der Waals surface area contributed by atoms with E-state index in [0.717, 1.165) is 22.4 Å². The number of hydrogen-bond donors (Lipinski definition) is 1. The summed E-state index contributed by atoms with van der Waals surface area (Å²) in [6, 6.07) is 2.04. The van der Waals surface area contributed by atoms with Gasteiger partial charge in [-0.1, -0.05) is 0 Å². The molecule has 0 aromatic carbocycles. The predicted octanol–water partition coefficient (Wildman–Crippen LogP) is 2.58. The fraction of sp³-hybridized carbons (Fsp3) is 0.429. The summed E-state index contributed by atoms with van der Waals surface area (Å²) >= 11 is 3.23. The van der Waals surface area contributed by atoms with E-state index in [0.29, 0.717) is 24.5 Å². The van der Waals surface area contributed by atoms with E-state index < -0.39 is 10.0 Å². The van der Waals surface area contributed by atoms with Crippen LogP contribution in [0.1, 0.15) is 20.9 Å². The van der Waals surface area contributed by atoms with Crippen molar-refractivity contribution >= 4 is 32.7 Å². The van der Waals surface area contributed by atoms with E-state index in [2.05, 4.69) is 5.32 Å². The number of hydrogen-bond acceptors (Lipinski definition) is 5. The van der Waals surface area contributed by atoms with Crippen molar-refractivity contribution in [1.29, 1.82) is 0 Å². The van der Waals surface area contributed by atoms with E-state index >= 15 is 0 Å². The maximum atomic E-state index is 13.0. The van der Waals surface area contributed by atoms with Gasteiger partial charge in [-0.15, -0.1) is 22.7 Å². The van der Waals surface area contributed by atoms with Gasteiger partial charge >= 0.3 is 0 Å². The average Bonchev–Trinajstić information content (AvgIpc) is 3.05. The number of thiophene rings is 2. The molecule has 7 heteroatoms. The maximum absolute atomic E-state index is 13.0. The summed E-state index contributed by atoms with van der Waals surface area (Å²) in [5.74, 6) is 0. The molecule has 0 radical (unpaired) electrons. The Morgan fingerprint density at radius 2 is 2.19 bits per heavy atom. The number of nitrogens with one attached hydrogen (secondary N) is 1. The zero-order chi connectivity index (χ0) is 15.0. The highest BCUT2D eigenvalue weighted by Crippen LogP contribution is 2.33. The number of nitrogens with zero attached hydrogens (tertiary/aromatic N) is 1. The quantitative estimate of drug-likeness (QED) is 0.929. The van der Waals surface area contributed by atoms with Crippen LogP contribution in [0.2, 0.25) is 0 Å². The van der Waals surface area contributed by atoms with Crippen molar-refractivity contribution in [2.75, 3.05) is 13.6 Å². The Bertz CT molecular complexity index is 746. The number of rotatable bonds is 4. The third-order valence-corrected chi connectivity index (χ3v) is 8.03. The molecule has 21 heavy (non-hydrogen) atoms. The molecule has 0 bridgehead atoms. The summed E-state index contributed by atoms with van der Waals surface area (Å²) in [7, 11) is -1.58. The van der Waals surface area contributed by atoms with Gasteiger partial charge in [0.15, 0.2) is 0 Å². The second kappa shape index (κ2) is 5.81. The van der Waals surface area contributed by atoms with E-state index in [1.807, 2.05) is 30.8 Å². The first-order valence-corrected chi connectivity index (χ1v) is 10.0. The standard InChI is InChI=1S/C14H18N2O2S3/c1-10-9-20-13(7-15-2)14(10)21(17,18)16-5-3-12-11(8-16)4-6-19-12/h4,6,9,15H,3,5,7-8H2,1-2H3. The van der Waals surface area contributed by atoms with Gasteiger partial charge in [-0.05, 0) is 48.3 Å². The molecule has 0 aliphatic carbocycles. The lowest BCUT2D eigenvalue weighted by Crippen LogP contribution is -2.36. The summed E-state index contributed by atoms with van der Waals surface area (Å²) in [5.41, 5.74) is 2.00. The van der Waals surface area contributed by atoms with Crippen molar-refractivity contribution in [1.82, 2.24) is 9.62 Å². The molecule has 4 nitrogen and oxygen atoms in total. The second-order valence-electron chi connectivity index (χ2n) is 5.16. The normalized spacial score (nSPS) is 16.1. The zero-order valence-corrected chi connectivity index (χ0v) is 14.5. The maximum Gasteiger partial charge on any atom is 0.244 e. The van der Waals surface area contributed by atoms with E-state index in [4.69, 9.17) is 0 Å².